The van der Waals surface area contributed by atoms with Crippen LogP contribution in [-0.2, 0) is 33.2 Å². The van der Waals surface area contributed by atoms with Crippen molar-refractivity contribution < 1.29 is 45.2 Å². The minimum Gasteiger partial charge on any atom is -1.00 e. The van der Waals surface area contributed by atoms with E-state index in [1.807, 2.05) is 0 Å². The van der Waals surface area contributed by atoms with Gasteiger partial charge in [-0.2, -0.15) is 0 Å². The first-order chi connectivity index (χ1) is 19.6. The van der Waals surface area contributed by atoms with Gasteiger partial charge in [-0.1, -0.05) is 0 Å². The fourth-order valence-corrected chi connectivity index (χ4v) is 24.0. The van der Waals surface area contributed by atoms with Crippen molar-refractivity contribution in [2.75, 3.05) is 0 Å². The molecule has 0 amide bonds. The third kappa shape index (κ3) is 5.97. The summed E-state index contributed by atoms with van der Waals surface area (Å²) in [6.45, 7) is 9.90. The average molecular weight is 683 g/mol. The molecular formula is C38H36Cl2SiZr. The van der Waals surface area contributed by atoms with Gasteiger partial charge >= 0.3 is 249 Å². The van der Waals surface area contributed by atoms with Crippen LogP contribution in [0, 0.1) is 0 Å². The largest absolute Gasteiger partial charge is 1.00 e. The molecule has 0 saturated heterocycles. The molecule has 0 aromatic heterocycles. The van der Waals surface area contributed by atoms with E-state index in [2.05, 4.69) is 148 Å². The molecule has 42 heavy (non-hydrogen) atoms. The van der Waals surface area contributed by atoms with Crippen molar-refractivity contribution in [3.8, 4) is 44.5 Å². The normalized spacial score (nSPS) is 10.5. The summed E-state index contributed by atoms with van der Waals surface area (Å²) in [6, 6.07) is 45.5. The smallest absolute Gasteiger partial charge is 1.00 e. The van der Waals surface area contributed by atoms with Crippen LogP contribution in [0.4, 0.5) is 0 Å². The third-order valence-corrected chi connectivity index (χ3v) is 24.9. The first-order valence-corrected chi connectivity index (χ1v) is 23.1. The Morgan fingerprint density at radius 2 is 0.786 bits per heavy atom. The Kier molecular flexibility index (Phi) is 11.1. The second-order valence-corrected chi connectivity index (χ2v) is 27.5. The van der Waals surface area contributed by atoms with Crippen LogP contribution in [0.2, 0.25) is 13.1 Å². The van der Waals surface area contributed by atoms with Crippen molar-refractivity contribution in [3.05, 3.63) is 132 Å². The average Bonchev–Trinajstić information content (AvgIpc) is 3.33. The number of fused-ring (bicyclic) bond motifs is 2. The van der Waals surface area contributed by atoms with E-state index >= 15 is 0 Å². The van der Waals surface area contributed by atoms with Crippen LogP contribution in [-0.4, -0.2) is 5.43 Å². The van der Waals surface area contributed by atoms with E-state index in [9.17, 15) is 0 Å². The topological polar surface area (TPSA) is 0 Å². The number of aryl methyl sites for hydroxylation is 2. The zero-order valence-electron chi connectivity index (χ0n) is 24.7. The molecule has 0 spiro atoms. The van der Waals surface area contributed by atoms with Gasteiger partial charge in [0.25, 0.3) is 0 Å². The van der Waals surface area contributed by atoms with Crippen LogP contribution in [0.15, 0.2) is 121 Å². The minimum absolute atomic E-state index is 0. The summed E-state index contributed by atoms with van der Waals surface area (Å²) in [4.78, 5) is 0. The van der Waals surface area contributed by atoms with Gasteiger partial charge in [-0.25, -0.2) is 0 Å². The van der Waals surface area contributed by atoms with Crippen molar-refractivity contribution in [2.24, 2.45) is 0 Å². The molecule has 0 atom stereocenters. The molecule has 0 nitrogen and oxygen atoms in total. The molecule has 0 fully saturated rings. The van der Waals surface area contributed by atoms with Gasteiger partial charge in [-0.3, -0.25) is 0 Å². The first kappa shape index (κ1) is 32.4. The van der Waals surface area contributed by atoms with Crippen molar-refractivity contribution in [1.82, 2.24) is 0 Å². The Labute approximate surface area is 271 Å². The van der Waals surface area contributed by atoms with E-state index in [0.717, 1.165) is 12.8 Å². The maximum atomic E-state index is 2.60. The molecule has 6 rings (SSSR count). The summed E-state index contributed by atoms with van der Waals surface area (Å²) >= 11 is -2.34. The fraction of sp³-hybridized carbons (Fsp3) is 0.158. The molecule has 0 aliphatic heterocycles. The summed E-state index contributed by atoms with van der Waals surface area (Å²) in [5.74, 6) is 0. The van der Waals surface area contributed by atoms with Gasteiger partial charge in [-0.05, 0) is 0 Å². The van der Waals surface area contributed by atoms with Gasteiger partial charge in [0.1, 0.15) is 0 Å². The van der Waals surface area contributed by atoms with Gasteiger partial charge in [0, 0.05) is 0 Å². The van der Waals surface area contributed by atoms with Crippen LogP contribution in [0.5, 0.6) is 0 Å². The molecule has 0 N–H and O–H groups in total. The molecule has 4 aliphatic rings. The molecule has 0 radical (unpaired) electrons. The SMILES string of the molecule is CCc1cc2c(-c3ccccc3)ccccc-2[c]1[Zr+2]([c]1c(CC)cc2c(-c3ccccc3)ccccc1-2)=[Si](C)C.[Cl-].[Cl-]. The Hall–Kier alpha value is -2.48. The van der Waals surface area contributed by atoms with Gasteiger partial charge in [0.2, 0.25) is 0 Å². The molecule has 0 saturated carbocycles. The third-order valence-electron chi connectivity index (χ3n) is 8.18. The first-order valence-electron chi connectivity index (χ1n) is 14.5. The number of hydrogen-bond acceptors (Lipinski definition) is 0. The van der Waals surface area contributed by atoms with E-state index in [4.69, 9.17) is 0 Å². The predicted molar refractivity (Wildman–Crippen MR) is 173 cm³/mol. The molecule has 210 valence electrons. The summed E-state index contributed by atoms with van der Waals surface area (Å²) < 4.78 is 3.50. The van der Waals surface area contributed by atoms with Crippen molar-refractivity contribution in [2.45, 2.75) is 39.8 Å². The van der Waals surface area contributed by atoms with Crippen LogP contribution in [0.3, 0.4) is 0 Å². The van der Waals surface area contributed by atoms with Crippen molar-refractivity contribution >= 4 is 12.0 Å². The standard InChI is InChI=1S/2C18H15.C2H6Si.2ClH.Zr/c2*1-2-14-12-16-10-6-7-11-17(18(16)13-14)15-8-4-3-5-9-15;1-3-2;;;/h2*3-11,13H,2H2,1H3;1-2H3;2*1H;/q;;;;;+2/p-2. The Morgan fingerprint density at radius 1 is 0.452 bits per heavy atom. The Balaban J connectivity index is 0.00000202. The summed E-state index contributed by atoms with van der Waals surface area (Å²) in [6.07, 6.45) is 2.18. The number of halogens is 2. The molecule has 4 aliphatic carbocycles. The van der Waals surface area contributed by atoms with Crippen LogP contribution in [0.25, 0.3) is 44.5 Å². The predicted octanol–water partition coefficient (Wildman–Crippen LogP) is 3.18. The molecule has 2 aromatic rings. The molecule has 0 unspecified atom stereocenters. The number of benzene rings is 2. The Morgan fingerprint density at radius 3 is 1.12 bits per heavy atom. The van der Waals surface area contributed by atoms with E-state index < -0.39 is 25.8 Å². The van der Waals surface area contributed by atoms with Crippen LogP contribution < -0.4 is 31.4 Å². The summed E-state index contributed by atoms with van der Waals surface area (Å²) in [7, 11) is 0. The van der Waals surface area contributed by atoms with Gasteiger partial charge in [-0.15, -0.1) is 0 Å². The quantitative estimate of drug-likeness (QED) is 0.237. The second kappa shape index (κ2) is 14.3. The van der Waals surface area contributed by atoms with Gasteiger partial charge < -0.3 is 24.8 Å². The van der Waals surface area contributed by atoms with Crippen LogP contribution in [0.1, 0.15) is 25.0 Å². The van der Waals surface area contributed by atoms with E-state index in [1.54, 1.807) is 17.7 Å². The molecule has 2 aromatic carbocycles. The van der Waals surface area contributed by atoms with Crippen LogP contribution >= 0.6 is 0 Å². The van der Waals surface area contributed by atoms with Crippen molar-refractivity contribution in [3.63, 3.8) is 0 Å². The maximum Gasteiger partial charge on any atom is -1.00 e. The van der Waals surface area contributed by atoms with Gasteiger partial charge in [0.05, 0.1) is 0 Å². The minimum atomic E-state index is -2.34. The number of hydrogen-bond donors (Lipinski definition) is 0. The summed E-state index contributed by atoms with van der Waals surface area (Å²) in [5.41, 5.74) is 13.8. The zero-order valence-corrected chi connectivity index (χ0v) is 29.7. The van der Waals surface area contributed by atoms with Gasteiger partial charge in [0.15, 0.2) is 0 Å². The fourth-order valence-electron chi connectivity index (χ4n) is 6.35. The van der Waals surface area contributed by atoms with E-state index in [1.165, 1.54) is 44.5 Å². The molecule has 4 heteroatoms. The monoisotopic (exact) mass is 680 g/mol. The number of rotatable bonds is 6. The molecule has 0 heterocycles. The Bertz CT molecular complexity index is 1650. The van der Waals surface area contributed by atoms with E-state index in [-0.39, 0.29) is 24.8 Å². The summed E-state index contributed by atoms with van der Waals surface area (Å²) in [5, 5.41) is 0. The van der Waals surface area contributed by atoms with E-state index in [0.29, 0.717) is 0 Å². The molecule has 0 bridgehead atoms. The van der Waals surface area contributed by atoms with Crippen molar-refractivity contribution in [1.29, 1.82) is 0 Å². The second-order valence-electron chi connectivity index (χ2n) is 10.8. The maximum absolute atomic E-state index is 2.60. The zero-order chi connectivity index (χ0) is 27.6. The molecular weight excluding hydrogens is 647 g/mol.